The van der Waals surface area contributed by atoms with Gasteiger partial charge in [0.1, 0.15) is 0 Å². The zero-order valence-corrected chi connectivity index (χ0v) is 13.1. The molecule has 0 fully saturated rings. The number of carbonyl (C=O) groups is 4. The summed E-state index contributed by atoms with van der Waals surface area (Å²) < 4.78 is 0. The zero-order chi connectivity index (χ0) is 16.6. The van der Waals surface area contributed by atoms with Gasteiger partial charge in [-0.05, 0) is 6.07 Å². The highest BCUT2D eigenvalue weighted by Gasteiger charge is 2.38. The highest BCUT2D eigenvalue weighted by atomic mass is 35.5. The van der Waals surface area contributed by atoms with Crippen molar-refractivity contribution in [2.75, 3.05) is 0 Å². The molecule has 0 unspecified atom stereocenters. The first-order chi connectivity index (χ1) is 10.8. The van der Waals surface area contributed by atoms with E-state index in [2.05, 4.69) is 10.6 Å². The van der Waals surface area contributed by atoms with Crippen molar-refractivity contribution >= 4 is 69.2 Å². The Morgan fingerprint density at radius 1 is 0.652 bits per heavy atom. The van der Waals surface area contributed by atoms with Crippen LogP contribution >= 0.6 is 34.8 Å². The monoisotopic (exact) mass is 368 g/mol. The third kappa shape index (κ3) is 1.65. The van der Waals surface area contributed by atoms with E-state index in [1.807, 2.05) is 0 Å². The lowest BCUT2D eigenvalue weighted by atomic mass is 9.87. The number of carbonyl (C=O) groups excluding carboxylic acids is 4. The van der Waals surface area contributed by atoms with Crippen LogP contribution in [-0.2, 0) is 0 Å². The van der Waals surface area contributed by atoms with Crippen LogP contribution in [0.15, 0.2) is 6.07 Å². The molecule has 0 saturated carbocycles. The first-order valence-electron chi connectivity index (χ1n) is 6.21. The van der Waals surface area contributed by atoms with Crippen molar-refractivity contribution in [1.29, 1.82) is 0 Å². The van der Waals surface area contributed by atoms with E-state index >= 15 is 0 Å². The molecule has 4 amide bonds. The van der Waals surface area contributed by atoms with Gasteiger partial charge in [0, 0.05) is 10.8 Å². The van der Waals surface area contributed by atoms with Gasteiger partial charge >= 0.3 is 0 Å². The predicted molar refractivity (Wildman–Crippen MR) is 82.6 cm³/mol. The molecule has 2 aromatic rings. The topological polar surface area (TPSA) is 92.3 Å². The Morgan fingerprint density at radius 3 is 1.74 bits per heavy atom. The minimum atomic E-state index is -0.771. The van der Waals surface area contributed by atoms with Crippen LogP contribution in [0.3, 0.4) is 0 Å². The molecule has 0 bridgehead atoms. The Morgan fingerprint density at radius 2 is 1.13 bits per heavy atom. The summed E-state index contributed by atoms with van der Waals surface area (Å²) >= 11 is 18.3. The maximum Gasteiger partial charge on any atom is 0.260 e. The van der Waals surface area contributed by atoms with Crippen molar-refractivity contribution in [3.8, 4) is 0 Å². The summed E-state index contributed by atoms with van der Waals surface area (Å²) in [5.74, 6) is -2.96. The second-order valence-electron chi connectivity index (χ2n) is 4.98. The lowest BCUT2D eigenvalue weighted by Crippen LogP contribution is -2.39. The summed E-state index contributed by atoms with van der Waals surface area (Å²) in [4.78, 5) is 48.5. The van der Waals surface area contributed by atoms with Crippen LogP contribution in [0.5, 0.6) is 0 Å². The van der Waals surface area contributed by atoms with E-state index in [4.69, 9.17) is 34.8 Å². The second-order valence-corrected chi connectivity index (χ2v) is 6.14. The van der Waals surface area contributed by atoms with Crippen LogP contribution in [0, 0.1) is 0 Å². The van der Waals surface area contributed by atoms with E-state index in [1.54, 1.807) is 0 Å². The molecular weight excluding hydrogens is 367 g/mol. The zero-order valence-electron chi connectivity index (χ0n) is 10.8. The molecule has 0 spiro atoms. The third-order valence-corrected chi connectivity index (χ3v) is 4.94. The van der Waals surface area contributed by atoms with E-state index in [0.29, 0.717) is 0 Å². The van der Waals surface area contributed by atoms with Crippen molar-refractivity contribution in [3.05, 3.63) is 43.4 Å². The van der Waals surface area contributed by atoms with Crippen molar-refractivity contribution < 1.29 is 19.2 Å². The summed E-state index contributed by atoms with van der Waals surface area (Å²) in [6.07, 6.45) is 0. The number of rotatable bonds is 0. The molecule has 0 atom stereocenters. The molecule has 2 aromatic carbocycles. The molecule has 9 heteroatoms. The van der Waals surface area contributed by atoms with Crippen LogP contribution in [0.2, 0.25) is 15.1 Å². The Kier molecular flexibility index (Phi) is 2.79. The number of imide groups is 2. The van der Waals surface area contributed by atoms with Crippen molar-refractivity contribution in [2.24, 2.45) is 0 Å². The van der Waals surface area contributed by atoms with Gasteiger partial charge in [-0.2, -0.15) is 0 Å². The molecule has 0 radical (unpaired) electrons. The maximum absolute atomic E-state index is 12.2. The quantitative estimate of drug-likeness (QED) is 0.698. The summed E-state index contributed by atoms with van der Waals surface area (Å²) in [7, 11) is 0. The number of amides is 4. The fourth-order valence-corrected chi connectivity index (χ4v) is 3.73. The number of halogens is 3. The Labute approximate surface area is 142 Å². The molecule has 4 rings (SSSR count). The van der Waals surface area contributed by atoms with E-state index in [-0.39, 0.29) is 48.1 Å². The molecular formula is C14H3Cl3N2O4. The Hall–Kier alpha value is -2.15. The van der Waals surface area contributed by atoms with Crippen molar-refractivity contribution in [1.82, 2.24) is 10.6 Å². The van der Waals surface area contributed by atoms with Crippen molar-refractivity contribution in [2.45, 2.75) is 0 Å². The molecule has 2 heterocycles. The van der Waals surface area contributed by atoms with E-state index in [9.17, 15) is 19.2 Å². The summed E-state index contributed by atoms with van der Waals surface area (Å²) in [6.45, 7) is 0. The molecule has 2 N–H and O–H groups in total. The van der Waals surface area contributed by atoms with Gasteiger partial charge in [0.15, 0.2) is 0 Å². The number of nitrogens with one attached hydrogen (secondary N) is 2. The average molecular weight is 370 g/mol. The SMILES string of the molecule is O=C1NC(=O)c2c(Cl)c(Cl)c3c4c(c(Cl)cc1c24)C(=O)NC3=O. The summed E-state index contributed by atoms with van der Waals surface area (Å²) in [5.41, 5.74) is -0.130. The van der Waals surface area contributed by atoms with Crippen LogP contribution in [0.1, 0.15) is 41.4 Å². The minimum absolute atomic E-state index is 0.0256. The fourth-order valence-electron chi connectivity index (χ4n) is 2.89. The van der Waals surface area contributed by atoms with Crippen molar-refractivity contribution in [3.63, 3.8) is 0 Å². The summed E-state index contributed by atoms with van der Waals surface area (Å²) in [6, 6.07) is 1.26. The maximum atomic E-state index is 12.2. The Balaban J connectivity index is 2.41. The van der Waals surface area contributed by atoms with Gasteiger partial charge in [-0.3, -0.25) is 29.8 Å². The third-order valence-electron chi connectivity index (χ3n) is 3.79. The first-order valence-corrected chi connectivity index (χ1v) is 7.34. The molecule has 0 aliphatic carbocycles. The van der Waals surface area contributed by atoms with Crippen LogP contribution in [-0.4, -0.2) is 23.6 Å². The van der Waals surface area contributed by atoms with Gasteiger partial charge < -0.3 is 0 Å². The van der Waals surface area contributed by atoms with E-state index in [0.717, 1.165) is 0 Å². The standard InChI is InChI=1S/C14H3Cl3N2O4/c15-3-1-2-4-6-5(3)12(21)19-14(23)8(6)10(17)9(16)7(4)13(22)18-11(2)20/h1H,(H,18,20,22)(H,19,21,23). The van der Waals surface area contributed by atoms with Crippen LogP contribution < -0.4 is 10.6 Å². The van der Waals surface area contributed by atoms with Gasteiger partial charge in [-0.15, -0.1) is 0 Å². The lowest BCUT2D eigenvalue weighted by molar-refractivity contribution is 0.0823. The second kappa shape index (κ2) is 4.44. The van der Waals surface area contributed by atoms with Crippen LogP contribution in [0.25, 0.3) is 10.8 Å². The first kappa shape index (κ1) is 14.4. The smallest absolute Gasteiger partial charge is 0.260 e. The molecule has 114 valence electrons. The fraction of sp³-hybridized carbons (Fsp3) is 0. The van der Waals surface area contributed by atoms with Gasteiger partial charge in [0.2, 0.25) is 0 Å². The minimum Gasteiger partial charge on any atom is -0.288 e. The normalized spacial score (nSPS) is 15.8. The number of benzene rings is 2. The largest absolute Gasteiger partial charge is 0.288 e. The number of hydrogen-bond acceptors (Lipinski definition) is 4. The lowest BCUT2D eigenvalue weighted by Gasteiger charge is -2.25. The average Bonchev–Trinajstić information content (AvgIpc) is 2.46. The molecule has 6 nitrogen and oxygen atoms in total. The molecule has 0 aromatic heterocycles. The highest BCUT2D eigenvalue weighted by Crippen LogP contribution is 2.44. The van der Waals surface area contributed by atoms with Gasteiger partial charge in [-0.25, -0.2) is 0 Å². The predicted octanol–water partition coefficient (Wildman–Crippen LogP) is 2.57. The highest BCUT2D eigenvalue weighted by molar-refractivity contribution is 6.51. The molecule has 23 heavy (non-hydrogen) atoms. The molecule has 2 aliphatic heterocycles. The van der Waals surface area contributed by atoms with Crippen LogP contribution in [0.4, 0.5) is 0 Å². The van der Waals surface area contributed by atoms with Gasteiger partial charge in [-0.1, -0.05) is 34.8 Å². The van der Waals surface area contributed by atoms with E-state index < -0.39 is 23.6 Å². The van der Waals surface area contributed by atoms with Gasteiger partial charge in [0.05, 0.1) is 37.3 Å². The molecule has 0 saturated heterocycles. The van der Waals surface area contributed by atoms with Gasteiger partial charge in [0.25, 0.3) is 23.6 Å². The Bertz CT molecular complexity index is 1030. The number of hydrogen-bond donors (Lipinski definition) is 2. The molecule has 2 aliphatic rings. The summed E-state index contributed by atoms with van der Waals surface area (Å²) in [5, 5.41) is 4.01. The van der Waals surface area contributed by atoms with E-state index in [1.165, 1.54) is 6.07 Å².